The molecule has 5 nitrogen and oxygen atoms in total. The van der Waals surface area contributed by atoms with Gasteiger partial charge in [-0.25, -0.2) is 4.79 Å². The fraction of sp³-hybridized carbons (Fsp3) is 0.750. The van der Waals surface area contributed by atoms with Crippen LogP contribution in [-0.2, 0) is 9.59 Å². The summed E-state index contributed by atoms with van der Waals surface area (Å²) in [5.41, 5.74) is 0. The molecule has 5 heteroatoms. The molecule has 2 atom stereocenters. The highest BCUT2D eigenvalue weighted by atomic mass is 16.4. The minimum Gasteiger partial charge on any atom is -0.480 e. The average molecular weight is 188 g/mol. The summed E-state index contributed by atoms with van der Waals surface area (Å²) in [6.45, 7) is 3.38. The SMILES string of the molecule is CC[C@H](NC(=O)C(C)NC)C(=O)O. The highest BCUT2D eigenvalue weighted by Crippen LogP contribution is 1.92. The van der Waals surface area contributed by atoms with Crippen LogP contribution >= 0.6 is 0 Å². The van der Waals surface area contributed by atoms with Crippen molar-refractivity contribution in [2.45, 2.75) is 32.4 Å². The first-order valence-electron chi connectivity index (χ1n) is 4.23. The standard InChI is InChI=1S/C8H16N2O3/c1-4-6(8(12)13)10-7(11)5(2)9-3/h5-6,9H,4H2,1-3H3,(H,10,11)(H,12,13)/t5?,6-/m0/s1. The maximum Gasteiger partial charge on any atom is 0.326 e. The monoisotopic (exact) mass is 188 g/mol. The predicted molar refractivity (Wildman–Crippen MR) is 48.4 cm³/mol. The molecular formula is C8H16N2O3. The number of nitrogens with one attached hydrogen (secondary N) is 2. The number of hydrogen-bond donors (Lipinski definition) is 3. The van der Waals surface area contributed by atoms with Crippen molar-refractivity contribution in [3.63, 3.8) is 0 Å². The zero-order valence-electron chi connectivity index (χ0n) is 8.13. The molecule has 0 aliphatic carbocycles. The second-order valence-electron chi connectivity index (χ2n) is 2.82. The van der Waals surface area contributed by atoms with Crippen LogP contribution in [0.1, 0.15) is 20.3 Å². The van der Waals surface area contributed by atoms with Crippen molar-refractivity contribution in [1.82, 2.24) is 10.6 Å². The van der Waals surface area contributed by atoms with Crippen molar-refractivity contribution in [2.24, 2.45) is 0 Å². The largest absolute Gasteiger partial charge is 0.480 e. The van der Waals surface area contributed by atoms with E-state index in [0.717, 1.165) is 0 Å². The Kier molecular flexibility index (Phi) is 5.06. The molecule has 0 saturated heterocycles. The second-order valence-corrected chi connectivity index (χ2v) is 2.82. The number of carboxylic acids is 1. The minimum absolute atomic E-state index is 0.295. The van der Waals surface area contributed by atoms with Crippen LogP contribution in [0.2, 0.25) is 0 Å². The quantitative estimate of drug-likeness (QED) is 0.547. The van der Waals surface area contributed by atoms with Gasteiger partial charge in [-0.3, -0.25) is 4.79 Å². The number of amides is 1. The van der Waals surface area contributed by atoms with Crippen molar-refractivity contribution >= 4 is 11.9 Å². The van der Waals surface area contributed by atoms with E-state index in [2.05, 4.69) is 10.6 Å². The molecule has 0 bridgehead atoms. The van der Waals surface area contributed by atoms with E-state index in [1.807, 2.05) is 0 Å². The molecule has 0 rings (SSSR count). The molecule has 1 unspecified atom stereocenters. The molecule has 0 aromatic carbocycles. The maximum atomic E-state index is 11.2. The summed E-state index contributed by atoms with van der Waals surface area (Å²) in [6.07, 6.45) is 0.386. The van der Waals surface area contributed by atoms with Gasteiger partial charge in [-0.1, -0.05) is 6.92 Å². The topological polar surface area (TPSA) is 78.4 Å². The third kappa shape index (κ3) is 3.89. The van der Waals surface area contributed by atoms with Crippen LogP contribution in [0.25, 0.3) is 0 Å². The van der Waals surface area contributed by atoms with Gasteiger partial charge < -0.3 is 15.7 Å². The smallest absolute Gasteiger partial charge is 0.326 e. The van der Waals surface area contributed by atoms with Crippen LogP contribution in [-0.4, -0.2) is 36.1 Å². The van der Waals surface area contributed by atoms with E-state index in [0.29, 0.717) is 6.42 Å². The first-order chi connectivity index (χ1) is 6.02. The van der Waals surface area contributed by atoms with Gasteiger partial charge in [-0.2, -0.15) is 0 Å². The van der Waals surface area contributed by atoms with E-state index in [1.165, 1.54) is 0 Å². The van der Waals surface area contributed by atoms with Crippen molar-refractivity contribution < 1.29 is 14.7 Å². The zero-order chi connectivity index (χ0) is 10.4. The number of carbonyl (C=O) groups is 2. The fourth-order valence-electron chi connectivity index (χ4n) is 0.766. The lowest BCUT2D eigenvalue weighted by atomic mass is 10.2. The van der Waals surface area contributed by atoms with Gasteiger partial charge in [0.2, 0.25) is 5.91 Å². The van der Waals surface area contributed by atoms with Gasteiger partial charge in [-0.05, 0) is 20.4 Å². The van der Waals surface area contributed by atoms with E-state index in [9.17, 15) is 9.59 Å². The van der Waals surface area contributed by atoms with Crippen molar-refractivity contribution in [3.8, 4) is 0 Å². The van der Waals surface area contributed by atoms with Crippen LogP contribution in [0.3, 0.4) is 0 Å². The lowest BCUT2D eigenvalue weighted by molar-refractivity contribution is -0.142. The van der Waals surface area contributed by atoms with E-state index in [4.69, 9.17) is 5.11 Å². The first kappa shape index (κ1) is 11.9. The highest BCUT2D eigenvalue weighted by molar-refractivity contribution is 5.86. The Morgan fingerprint density at radius 1 is 1.46 bits per heavy atom. The van der Waals surface area contributed by atoms with Gasteiger partial charge in [0, 0.05) is 0 Å². The summed E-state index contributed by atoms with van der Waals surface area (Å²) in [5.74, 6) is -1.30. The molecule has 0 aliphatic rings. The Bertz CT molecular complexity index is 194. The third-order valence-electron chi connectivity index (χ3n) is 1.85. The van der Waals surface area contributed by atoms with E-state index < -0.39 is 12.0 Å². The lowest BCUT2D eigenvalue weighted by Gasteiger charge is -2.15. The summed E-state index contributed by atoms with van der Waals surface area (Å²) in [7, 11) is 1.64. The van der Waals surface area contributed by atoms with Crippen LogP contribution in [0, 0.1) is 0 Å². The molecule has 0 radical (unpaired) electrons. The van der Waals surface area contributed by atoms with Gasteiger partial charge in [0.25, 0.3) is 0 Å². The molecule has 0 fully saturated rings. The highest BCUT2D eigenvalue weighted by Gasteiger charge is 2.19. The summed E-state index contributed by atoms with van der Waals surface area (Å²) >= 11 is 0. The Labute approximate surface area is 77.5 Å². The van der Waals surface area contributed by atoms with Crippen molar-refractivity contribution in [3.05, 3.63) is 0 Å². The number of hydrogen-bond acceptors (Lipinski definition) is 3. The number of carbonyl (C=O) groups excluding carboxylic acids is 1. The molecule has 0 spiro atoms. The molecule has 13 heavy (non-hydrogen) atoms. The fourth-order valence-corrected chi connectivity index (χ4v) is 0.766. The molecule has 0 aromatic rings. The van der Waals surface area contributed by atoms with Crippen LogP contribution < -0.4 is 10.6 Å². The normalized spacial score (nSPS) is 14.7. The zero-order valence-corrected chi connectivity index (χ0v) is 8.13. The van der Waals surface area contributed by atoms with Crippen LogP contribution in [0.4, 0.5) is 0 Å². The Morgan fingerprint density at radius 3 is 2.31 bits per heavy atom. The van der Waals surface area contributed by atoms with Gasteiger partial charge >= 0.3 is 5.97 Å². The number of aliphatic carboxylic acids is 1. The van der Waals surface area contributed by atoms with Gasteiger partial charge in [0.1, 0.15) is 6.04 Å². The van der Waals surface area contributed by atoms with Crippen molar-refractivity contribution in [1.29, 1.82) is 0 Å². The van der Waals surface area contributed by atoms with Gasteiger partial charge in [0.15, 0.2) is 0 Å². The number of carboxylic acid groups (broad SMARTS) is 1. The predicted octanol–water partition coefficient (Wildman–Crippen LogP) is -0.426. The molecule has 0 aromatic heterocycles. The number of likely N-dealkylation sites (N-methyl/N-ethyl adjacent to an activating group) is 1. The summed E-state index contributed by atoms with van der Waals surface area (Å²) in [6, 6.07) is -1.16. The first-order valence-corrected chi connectivity index (χ1v) is 4.23. The average Bonchev–Trinajstić information content (AvgIpc) is 2.11. The van der Waals surface area contributed by atoms with Crippen LogP contribution in [0.5, 0.6) is 0 Å². The Hall–Kier alpha value is -1.10. The molecular weight excluding hydrogens is 172 g/mol. The van der Waals surface area contributed by atoms with Crippen LogP contribution in [0.15, 0.2) is 0 Å². The molecule has 76 valence electrons. The van der Waals surface area contributed by atoms with E-state index in [1.54, 1.807) is 20.9 Å². The Balaban J connectivity index is 4.09. The lowest BCUT2D eigenvalue weighted by Crippen LogP contribution is -2.47. The second kappa shape index (κ2) is 5.53. The maximum absolute atomic E-state index is 11.2. The molecule has 3 N–H and O–H groups in total. The van der Waals surface area contributed by atoms with Gasteiger partial charge in [0.05, 0.1) is 6.04 Å². The third-order valence-corrected chi connectivity index (χ3v) is 1.85. The minimum atomic E-state index is -1.00. The molecule has 0 aliphatic heterocycles. The summed E-state index contributed by atoms with van der Waals surface area (Å²) < 4.78 is 0. The van der Waals surface area contributed by atoms with E-state index in [-0.39, 0.29) is 11.9 Å². The number of rotatable bonds is 5. The van der Waals surface area contributed by atoms with E-state index >= 15 is 0 Å². The summed E-state index contributed by atoms with van der Waals surface area (Å²) in [4.78, 5) is 21.8. The van der Waals surface area contributed by atoms with Crippen molar-refractivity contribution in [2.75, 3.05) is 7.05 Å². The molecule has 0 heterocycles. The molecule has 1 amide bonds. The molecule has 0 saturated carbocycles. The summed E-state index contributed by atoms with van der Waals surface area (Å²) in [5, 5.41) is 13.8. The Morgan fingerprint density at radius 2 is 2.00 bits per heavy atom. The van der Waals surface area contributed by atoms with Gasteiger partial charge in [-0.15, -0.1) is 0 Å².